The van der Waals surface area contributed by atoms with Crippen LogP contribution in [0.4, 0.5) is 18.0 Å². The van der Waals surface area contributed by atoms with Gasteiger partial charge in [0.2, 0.25) is 0 Å². The Bertz CT molecular complexity index is 1170. The molecule has 4 rings (SSSR count). The van der Waals surface area contributed by atoms with Crippen molar-refractivity contribution in [3.8, 4) is 16.9 Å². The van der Waals surface area contributed by atoms with Gasteiger partial charge >= 0.3 is 12.3 Å². The monoisotopic (exact) mass is 487 g/mol. The molecule has 0 heterocycles. The number of benzene rings is 3. The molecule has 9 heteroatoms. The number of aliphatic hydroxyl groups excluding tert-OH is 2. The number of phenolic OH excluding ortho intramolecular Hbond substituents is 1. The van der Waals surface area contributed by atoms with Crippen molar-refractivity contribution in [1.29, 1.82) is 0 Å². The molecular weight excluding hydrogens is 463 g/mol. The molecule has 0 bridgehead atoms. The summed E-state index contributed by atoms with van der Waals surface area (Å²) in [6.07, 6.45) is -8.54. The van der Waals surface area contributed by atoms with Crippen molar-refractivity contribution in [3.05, 3.63) is 89.0 Å². The summed E-state index contributed by atoms with van der Waals surface area (Å²) in [6.45, 7) is 0.0563. The predicted octanol–water partition coefficient (Wildman–Crippen LogP) is 4.73. The zero-order valence-electron chi connectivity index (χ0n) is 18.5. The first-order valence-electron chi connectivity index (χ1n) is 11.0. The van der Waals surface area contributed by atoms with E-state index in [1.165, 1.54) is 0 Å². The Labute approximate surface area is 199 Å². The molecule has 0 aliphatic heterocycles. The van der Waals surface area contributed by atoms with Crippen LogP contribution in [0, 0.1) is 0 Å². The lowest BCUT2D eigenvalue weighted by molar-refractivity contribution is -0.137. The summed E-state index contributed by atoms with van der Waals surface area (Å²) < 4.78 is 43.6. The zero-order valence-corrected chi connectivity index (χ0v) is 18.5. The number of fused-ring (bicyclic) bond motifs is 3. The van der Waals surface area contributed by atoms with E-state index >= 15 is 0 Å². The van der Waals surface area contributed by atoms with Crippen LogP contribution in [0.1, 0.15) is 40.7 Å². The standard InChI is InChI=1S/C26H24F3NO5/c27-26(28,29)15-9-10-20(23(32)13-15)24(33)22(31)11-12-30-25(34)35-14-21-18-7-3-1-5-16(18)17-6-2-4-8-19(17)21/h1-10,13,21-22,24,31-33H,11-12,14H2,(H,30,34). The third kappa shape index (κ3) is 5.26. The van der Waals surface area contributed by atoms with Gasteiger partial charge in [0.1, 0.15) is 18.5 Å². The van der Waals surface area contributed by atoms with E-state index < -0.39 is 35.8 Å². The summed E-state index contributed by atoms with van der Waals surface area (Å²) in [5, 5.41) is 32.7. The largest absolute Gasteiger partial charge is 0.508 e. The molecule has 0 saturated heterocycles. The van der Waals surface area contributed by atoms with Crippen LogP contribution in [0.2, 0.25) is 0 Å². The molecule has 184 valence electrons. The number of phenols is 1. The van der Waals surface area contributed by atoms with Crippen molar-refractivity contribution in [2.24, 2.45) is 0 Å². The second-order valence-corrected chi connectivity index (χ2v) is 8.32. The highest BCUT2D eigenvalue weighted by Gasteiger charge is 2.32. The molecule has 3 aromatic carbocycles. The lowest BCUT2D eigenvalue weighted by Gasteiger charge is -2.20. The quantitative estimate of drug-likeness (QED) is 0.386. The van der Waals surface area contributed by atoms with Crippen molar-refractivity contribution in [2.45, 2.75) is 30.7 Å². The molecule has 3 aromatic rings. The van der Waals surface area contributed by atoms with Crippen LogP contribution in [-0.2, 0) is 10.9 Å². The number of halogens is 3. The highest BCUT2D eigenvalue weighted by molar-refractivity contribution is 5.79. The van der Waals surface area contributed by atoms with Crippen molar-refractivity contribution >= 4 is 6.09 Å². The highest BCUT2D eigenvalue weighted by atomic mass is 19.4. The number of rotatable bonds is 7. The Morgan fingerprint density at radius 2 is 1.57 bits per heavy atom. The summed E-state index contributed by atoms with van der Waals surface area (Å²) in [5.41, 5.74) is 3.01. The number of carbonyl (C=O) groups excluding carboxylic acids is 1. The maximum absolute atomic E-state index is 12.7. The van der Waals surface area contributed by atoms with Gasteiger partial charge in [0.25, 0.3) is 0 Å². The van der Waals surface area contributed by atoms with E-state index in [1.54, 1.807) is 0 Å². The van der Waals surface area contributed by atoms with Gasteiger partial charge in [-0.3, -0.25) is 0 Å². The predicted molar refractivity (Wildman–Crippen MR) is 122 cm³/mol. The topological polar surface area (TPSA) is 99.0 Å². The smallest absolute Gasteiger partial charge is 0.416 e. The molecular formula is C26H24F3NO5. The van der Waals surface area contributed by atoms with Gasteiger partial charge in [0.05, 0.1) is 11.7 Å². The Kier molecular flexibility index (Phi) is 7.00. The molecule has 1 aliphatic rings. The summed E-state index contributed by atoms with van der Waals surface area (Å²) >= 11 is 0. The van der Waals surface area contributed by atoms with E-state index in [1.807, 2.05) is 48.5 Å². The number of ether oxygens (including phenoxy) is 1. The lowest BCUT2D eigenvalue weighted by Crippen LogP contribution is -2.30. The van der Waals surface area contributed by atoms with Crippen LogP contribution in [-0.4, -0.2) is 40.7 Å². The second kappa shape index (κ2) is 9.97. The van der Waals surface area contributed by atoms with Crippen LogP contribution >= 0.6 is 0 Å². The van der Waals surface area contributed by atoms with Gasteiger partial charge in [0, 0.05) is 18.0 Å². The van der Waals surface area contributed by atoms with E-state index in [-0.39, 0.29) is 31.1 Å². The zero-order chi connectivity index (χ0) is 25.2. The van der Waals surface area contributed by atoms with E-state index in [9.17, 15) is 33.3 Å². The van der Waals surface area contributed by atoms with Crippen LogP contribution in [0.15, 0.2) is 66.7 Å². The average molecular weight is 487 g/mol. The van der Waals surface area contributed by atoms with Crippen LogP contribution < -0.4 is 5.32 Å². The molecule has 35 heavy (non-hydrogen) atoms. The number of nitrogens with one attached hydrogen (secondary N) is 1. The molecule has 0 fully saturated rings. The van der Waals surface area contributed by atoms with E-state index in [0.29, 0.717) is 12.1 Å². The van der Waals surface area contributed by atoms with E-state index in [0.717, 1.165) is 28.3 Å². The third-order valence-electron chi connectivity index (χ3n) is 6.09. The fourth-order valence-electron chi connectivity index (χ4n) is 4.31. The van der Waals surface area contributed by atoms with Crippen molar-refractivity contribution in [1.82, 2.24) is 5.32 Å². The van der Waals surface area contributed by atoms with Gasteiger partial charge in [0.15, 0.2) is 0 Å². The van der Waals surface area contributed by atoms with Crippen molar-refractivity contribution in [2.75, 3.05) is 13.2 Å². The van der Waals surface area contributed by atoms with E-state index in [2.05, 4.69) is 5.32 Å². The van der Waals surface area contributed by atoms with Crippen molar-refractivity contribution in [3.63, 3.8) is 0 Å². The lowest BCUT2D eigenvalue weighted by atomic mass is 9.98. The molecule has 0 aromatic heterocycles. The van der Waals surface area contributed by atoms with Gasteiger partial charge in [-0.25, -0.2) is 4.79 Å². The van der Waals surface area contributed by atoms with Crippen LogP contribution in [0.3, 0.4) is 0 Å². The van der Waals surface area contributed by atoms with Gasteiger partial charge < -0.3 is 25.4 Å². The van der Waals surface area contributed by atoms with Gasteiger partial charge in [-0.1, -0.05) is 54.6 Å². The Balaban J connectivity index is 1.28. The normalized spacial score (nSPS) is 14.7. The number of aliphatic hydroxyl groups is 2. The minimum atomic E-state index is -4.65. The fourth-order valence-corrected chi connectivity index (χ4v) is 4.31. The maximum Gasteiger partial charge on any atom is 0.416 e. The summed E-state index contributed by atoms with van der Waals surface area (Å²) in [4.78, 5) is 12.2. The summed E-state index contributed by atoms with van der Waals surface area (Å²) in [7, 11) is 0. The minimum Gasteiger partial charge on any atom is -0.508 e. The third-order valence-corrected chi connectivity index (χ3v) is 6.09. The van der Waals surface area contributed by atoms with Gasteiger partial charge in [-0.15, -0.1) is 0 Å². The highest BCUT2D eigenvalue weighted by Crippen LogP contribution is 2.44. The summed E-state index contributed by atoms with van der Waals surface area (Å²) in [6, 6.07) is 17.9. The first-order chi connectivity index (χ1) is 16.7. The maximum atomic E-state index is 12.7. The molecule has 0 radical (unpaired) electrons. The number of aromatic hydroxyl groups is 1. The average Bonchev–Trinajstić information content (AvgIpc) is 3.15. The van der Waals surface area contributed by atoms with Gasteiger partial charge in [-0.05, 0) is 40.8 Å². The Hall–Kier alpha value is -3.56. The number of alkyl halides is 3. The molecule has 1 aliphatic carbocycles. The first-order valence-corrected chi connectivity index (χ1v) is 11.0. The Morgan fingerprint density at radius 1 is 0.971 bits per heavy atom. The molecule has 1 amide bonds. The molecule has 4 N–H and O–H groups in total. The Morgan fingerprint density at radius 3 is 2.14 bits per heavy atom. The second-order valence-electron chi connectivity index (χ2n) is 8.32. The molecule has 2 unspecified atom stereocenters. The first kappa shape index (κ1) is 24.6. The molecule has 0 saturated carbocycles. The molecule has 2 atom stereocenters. The number of hydrogen-bond donors (Lipinski definition) is 4. The van der Waals surface area contributed by atoms with Crippen LogP contribution in [0.5, 0.6) is 5.75 Å². The SMILES string of the molecule is O=C(NCCC(O)C(O)c1ccc(C(F)(F)F)cc1O)OCC1c2ccccc2-c2ccccc21. The number of hydrogen-bond acceptors (Lipinski definition) is 5. The van der Waals surface area contributed by atoms with Crippen LogP contribution in [0.25, 0.3) is 11.1 Å². The van der Waals surface area contributed by atoms with Crippen molar-refractivity contribution < 1.29 is 38.0 Å². The number of amides is 1. The fraction of sp³-hybridized carbons (Fsp3) is 0.269. The number of carbonyl (C=O) groups is 1. The molecule has 6 nitrogen and oxygen atoms in total. The molecule has 0 spiro atoms. The minimum absolute atomic E-state index is 0.0592. The number of alkyl carbamates (subject to hydrolysis) is 1. The van der Waals surface area contributed by atoms with Gasteiger partial charge in [-0.2, -0.15) is 13.2 Å². The summed E-state index contributed by atoms with van der Waals surface area (Å²) in [5.74, 6) is -0.890. The van der Waals surface area contributed by atoms with E-state index in [4.69, 9.17) is 4.74 Å².